The molecule has 0 fully saturated rings. The fourth-order valence-corrected chi connectivity index (χ4v) is 2.92. The third-order valence-corrected chi connectivity index (χ3v) is 5.01. The lowest BCUT2D eigenvalue weighted by Crippen LogP contribution is -2.24. The van der Waals surface area contributed by atoms with E-state index >= 15 is 0 Å². The van der Waals surface area contributed by atoms with E-state index in [0.717, 1.165) is 11.3 Å². The van der Waals surface area contributed by atoms with E-state index < -0.39 is 6.43 Å². The molecule has 0 atom stereocenters. The van der Waals surface area contributed by atoms with Crippen LogP contribution in [0.15, 0.2) is 45.1 Å². The second-order valence-corrected chi connectivity index (χ2v) is 7.33. The Morgan fingerprint density at radius 3 is 2.54 bits per heavy atom. The van der Waals surface area contributed by atoms with Crippen LogP contribution >= 0.6 is 11.8 Å². The molecule has 1 amide bonds. The molecule has 0 aromatic heterocycles. The van der Waals surface area contributed by atoms with Gasteiger partial charge in [-0.15, -0.1) is 5.10 Å². The Hall–Kier alpha value is -2.22. The summed E-state index contributed by atoms with van der Waals surface area (Å²) in [6.45, 7) is 6.19. The third kappa shape index (κ3) is 5.39. The average molecular weight is 380 g/mol. The number of nitrogens with two attached hydrogens (primary N) is 1. The lowest BCUT2D eigenvalue weighted by molar-refractivity contribution is -0.117. The van der Waals surface area contributed by atoms with Gasteiger partial charge in [-0.3, -0.25) is 4.79 Å². The highest BCUT2D eigenvalue weighted by Gasteiger charge is 2.25. The standard InChI is InChI=1S/C18H22F2N4OS/c1-10(2)11(3)23-24-15-8-14(21)16(26-15)18(25)22-9-12-4-6-13(7-5-12)17(19)20/h4-7,10,17H,8-9,21H2,1-3H3,(H,22,25)/b23-11-,24-15+. The Kier molecular flexibility index (Phi) is 6.90. The molecule has 0 saturated heterocycles. The molecule has 1 aromatic rings. The van der Waals surface area contributed by atoms with Crippen molar-refractivity contribution in [1.29, 1.82) is 0 Å². The number of amides is 1. The van der Waals surface area contributed by atoms with E-state index in [1.54, 1.807) is 12.1 Å². The predicted molar refractivity (Wildman–Crippen MR) is 102 cm³/mol. The molecule has 0 saturated carbocycles. The van der Waals surface area contributed by atoms with Crippen molar-refractivity contribution < 1.29 is 13.6 Å². The molecule has 0 radical (unpaired) electrons. The number of nitrogens with zero attached hydrogens (tertiary/aromatic N) is 2. The van der Waals surface area contributed by atoms with Crippen LogP contribution in [-0.4, -0.2) is 16.7 Å². The Bertz CT molecular complexity index is 755. The van der Waals surface area contributed by atoms with Crippen LogP contribution in [0.25, 0.3) is 0 Å². The first-order valence-electron chi connectivity index (χ1n) is 8.20. The highest BCUT2D eigenvalue weighted by Crippen LogP contribution is 2.31. The summed E-state index contributed by atoms with van der Waals surface area (Å²) in [6.07, 6.45) is -2.11. The van der Waals surface area contributed by atoms with Crippen LogP contribution in [0.2, 0.25) is 0 Å². The van der Waals surface area contributed by atoms with E-state index in [9.17, 15) is 13.6 Å². The molecule has 1 heterocycles. The van der Waals surface area contributed by atoms with Gasteiger partial charge in [0.05, 0.1) is 4.91 Å². The van der Waals surface area contributed by atoms with Gasteiger partial charge in [-0.25, -0.2) is 8.78 Å². The summed E-state index contributed by atoms with van der Waals surface area (Å²) in [7, 11) is 0. The van der Waals surface area contributed by atoms with Crippen molar-refractivity contribution in [3.8, 4) is 0 Å². The van der Waals surface area contributed by atoms with E-state index in [-0.39, 0.29) is 18.0 Å². The monoisotopic (exact) mass is 380 g/mol. The van der Waals surface area contributed by atoms with Crippen molar-refractivity contribution in [1.82, 2.24) is 5.32 Å². The molecule has 8 heteroatoms. The first-order chi connectivity index (χ1) is 12.3. The Balaban J connectivity index is 1.94. The first kappa shape index (κ1) is 20.1. The largest absolute Gasteiger partial charge is 0.401 e. The number of carbonyl (C=O) groups excluding carboxylic acids is 1. The number of halogens is 2. The van der Waals surface area contributed by atoms with Gasteiger partial charge < -0.3 is 11.1 Å². The minimum absolute atomic E-state index is 0.0449. The van der Waals surface area contributed by atoms with Gasteiger partial charge >= 0.3 is 0 Å². The summed E-state index contributed by atoms with van der Waals surface area (Å²) < 4.78 is 25.1. The van der Waals surface area contributed by atoms with Gasteiger partial charge in [0.25, 0.3) is 12.3 Å². The molecule has 0 spiro atoms. The number of hydrogen-bond donors (Lipinski definition) is 2. The number of carbonyl (C=O) groups is 1. The SMILES string of the molecule is C/C(=N/N=C1\CC(N)=C(C(=O)NCc2ccc(C(F)F)cc2)S1)C(C)C. The molecule has 1 aliphatic heterocycles. The molecule has 1 aliphatic rings. The van der Waals surface area contributed by atoms with Crippen LogP contribution < -0.4 is 11.1 Å². The smallest absolute Gasteiger partial charge is 0.263 e. The number of benzene rings is 1. The van der Waals surface area contributed by atoms with Gasteiger partial charge in [0.15, 0.2) is 0 Å². The van der Waals surface area contributed by atoms with Gasteiger partial charge in [-0.1, -0.05) is 49.9 Å². The number of thioether (sulfide) groups is 1. The van der Waals surface area contributed by atoms with E-state index in [2.05, 4.69) is 15.5 Å². The minimum atomic E-state index is -2.50. The highest BCUT2D eigenvalue weighted by molar-refractivity contribution is 8.18. The number of rotatable bonds is 6. The lowest BCUT2D eigenvalue weighted by atomic mass is 10.1. The summed E-state index contributed by atoms with van der Waals surface area (Å²) in [5.74, 6) is -0.00418. The minimum Gasteiger partial charge on any atom is -0.401 e. The molecule has 3 N–H and O–H groups in total. The van der Waals surface area contributed by atoms with E-state index in [1.165, 1.54) is 23.9 Å². The zero-order valence-electron chi connectivity index (χ0n) is 14.9. The summed E-state index contributed by atoms with van der Waals surface area (Å²) in [5, 5.41) is 11.7. The molecule has 26 heavy (non-hydrogen) atoms. The predicted octanol–water partition coefficient (Wildman–Crippen LogP) is 3.98. The summed E-state index contributed by atoms with van der Waals surface area (Å²) in [6, 6.07) is 5.84. The number of alkyl halides is 2. The second-order valence-electron chi connectivity index (χ2n) is 6.25. The van der Waals surface area contributed by atoms with Crippen LogP contribution in [0.4, 0.5) is 8.78 Å². The van der Waals surface area contributed by atoms with Crippen molar-refractivity contribution in [3.63, 3.8) is 0 Å². The van der Waals surface area contributed by atoms with E-state index in [0.29, 0.717) is 28.0 Å². The Labute approximate surface area is 155 Å². The number of nitrogens with one attached hydrogen (secondary N) is 1. The van der Waals surface area contributed by atoms with E-state index in [4.69, 9.17) is 5.73 Å². The van der Waals surface area contributed by atoms with Crippen LogP contribution in [0.5, 0.6) is 0 Å². The zero-order valence-corrected chi connectivity index (χ0v) is 15.7. The second kappa shape index (κ2) is 8.93. The molecule has 140 valence electrons. The zero-order chi connectivity index (χ0) is 19.3. The topological polar surface area (TPSA) is 79.8 Å². The van der Waals surface area contributed by atoms with Crippen molar-refractivity contribution >= 4 is 28.4 Å². The quantitative estimate of drug-likeness (QED) is 0.579. The average Bonchev–Trinajstić information content (AvgIpc) is 2.98. The fraction of sp³-hybridized carbons (Fsp3) is 0.389. The Morgan fingerprint density at radius 2 is 1.96 bits per heavy atom. The summed E-state index contributed by atoms with van der Waals surface area (Å²) in [4.78, 5) is 12.7. The molecular formula is C18H22F2N4OS. The molecule has 5 nitrogen and oxygen atoms in total. The van der Waals surface area contributed by atoms with Gasteiger partial charge in [0.1, 0.15) is 5.04 Å². The molecule has 1 aromatic carbocycles. The lowest BCUT2D eigenvalue weighted by Gasteiger charge is -2.07. The maximum Gasteiger partial charge on any atom is 0.263 e. The van der Waals surface area contributed by atoms with Crippen molar-refractivity contribution in [2.75, 3.05) is 0 Å². The van der Waals surface area contributed by atoms with Gasteiger partial charge in [-0.2, -0.15) is 5.10 Å². The molecule has 2 rings (SSSR count). The van der Waals surface area contributed by atoms with Crippen molar-refractivity contribution in [3.05, 3.63) is 46.0 Å². The molecule has 0 bridgehead atoms. The maximum atomic E-state index is 12.5. The first-order valence-corrected chi connectivity index (χ1v) is 9.02. The molecule has 0 unspecified atom stereocenters. The molecular weight excluding hydrogens is 358 g/mol. The molecule has 0 aliphatic carbocycles. The Morgan fingerprint density at radius 1 is 1.31 bits per heavy atom. The van der Waals surface area contributed by atoms with Crippen molar-refractivity contribution in [2.24, 2.45) is 21.9 Å². The third-order valence-electron chi connectivity index (χ3n) is 3.90. The van der Waals surface area contributed by atoms with Crippen LogP contribution in [0, 0.1) is 5.92 Å². The van der Waals surface area contributed by atoms with Gasteiger partial charge in [0.2, 0.25) is 0 Å². The van der Waals surface area contributed by atoms with Gasteiger partial charge in [0, 0.05) is 29.9 Å². The number of hydrogen-bond acceptors (Lipinski definition) is 5. The van der Waals surface area contributed by atoms with E-state index in [1.807, 2.05) is 20.8 Å². The highest BCUT2D eigenvalue weighted by atomic mass is 32.2. The summed E-state index contributed by atoms with van der Waals surface area (Å²) in [5.41, 5.74) is 7.99. The summed E-state index contributed by atoms with van der Waals surface area (Å²) >= 11 is 1.21. The number of allylic oxidation sites excluding steroid dienone is 1. The van der Waals surface area contributed by atoms with Gasteiger partial charge in [-0.05, 0) is 18.4 Å². The maximum absolute atomic E-state index is 12.5. The van der Waals surface area contributed by atoms with Crippen LogP contribution in [-0.2, 0) is 11.3 Å². The van der Waals surface area contributed by atoms with Crippen molar-refractivity contribution in [2.45, 2.75) is 40.2 Å². The normalized spacial score (nSPS) is 16.9. The van der Waals surface area contributed by atoms with Crippen LogP contribution in [0.3, 0.4) is 0 Å². The van der Waals surface area contributed by atoms with Crippen LogP contribution in [0.1, 0.15) is 44.7 Å². The fourth-order valence-electron chi connectivity index (χ4n) is 2.00.